The van der Waals surface area contributed by atoms with Crippen LogP contribution < -0.4 is 9.62 Å². The van der Waals surface area contributed by atoms with E-state index < -0.39 is 10.0 Å². The summed E-state index contributed by atoms with van der Waals surface area (Å²) in [6.07, 6.45) is 1.16. The third-order valence-corrected chi connectivity index (χ3v) is 5.91. The average molecular weight is 391 g/mol. The van der Waals surface area contributed by atoms with E-state index >= 15 is 0 Å². The topological polar surface area (TPSA) is 62.3 Å². The zero-order valence-electron chi connectivity index (χ0n) is 14.5. The molecule has 0 amide bonds. The highest BCUT2D eigenvalue weighted by Crippen LogP contribution is 2.29. The lowest BCUT2D eigenvalue weighted by atomic mass is 10.1. The highest BCUT2D eigenvalue weighted by Gasteiger charge is 2.12. The van der Waals surface area contributed by atoms with Gasteiger partial charge in [0, 0.05) is 23.7 Å². The molecule has 0 atom stereocenters. The molecule has 0 radical (unpaired) electrons. The molecule has 0 saturated carbocycles. The van der Waals surface area contributed by atoms with Gasteiger partial charge in [0.15, 0.2) is 5.13 Å². The largest absolute Gasteiger partial charge is 0.331 e. The minimum Gasteiger partial charge on any atom is -0.331 e. The first-order valence-electron chi connectivity index (χ1n) is 7.77. The van der Waals surface area contributed by atoms with E-state index in [9.17, 15) is 12.8 Å². The number of aromatic nitrogens is 1. The molecular formula is C18H18FN3O2S2. The van der Waals surface area contributed by atoms with Crippen LogP contribution in [0, 0.1) is 12.7 Å². The zero-order valence-corrected chi connectivity index (χ0v) is 16.2. The molecule has 0 saturated heterocycles. The fourth-order valence-corrected chi connectivity index (χ4v) is 3.54. The average Bonchev–Trinajstić information content (AvgIpc) is 3.05. The second-order valence-corrected chi connectivity index (χ2v) is 8.78. The van der Waals surface area contributed by atoms with Gasteiger partial charge in [-0.05, 0) is 36.8 Å². The van der Waals surface area contributed by atoms with Crippen LogP contribution in [0.3, 0.4) is 0 Å². The second kappa shape index (κ2) is 7.05. The summed E-state index contributed by atoms with van der Waals surface area (Å²) in [5, 5.41) is 5.64. The zero-order chi connectivity index (χ0) is 18.9. The Morgan fingerprint density at radius 2 is 1.85 bits per heavy atom. The van der Waals surface area contributed by atoms with Crippen LogP contribution in [0.25, 0.3) is 11.3 Å². The molecule has 5 nitrogen and oxygen atoms in total. The van der Waals surface area contributed by atoms with E-state index in [4.69, 9.17) is 0 Å². The van der Waals surface area contributed by atoms with E-state index in [2.05, 4.69) is 10.3 Å². The van der Waals surface area contributed by atoms with Gasteiger partial charge in [0.25, 0.3) is 0 Å². The van der Waals surface area contributed by atoms with Gasteiger partial charge in [-0.1, -0.05) is 18.2 Å². The normalized spacial score (nSPS) is 11.4. The molecule has 0 aliphatic carbocycles. The number of hydrogen-bond donors (Lipinski definition) is 1. The van der Waals surface area contributed by atoms with Crippen molar-refractivity contribution in [2.24, 2.45) is 0 Å². The summed E-state index contributed by atoms with van der Waals surface area (Å²) in [6.45, 7) is 1.71. The second-order valence-electron chi connectivity index (χ2n) is 5.90. The van der Waals surface area contributed by atoms with Gasteiger partial charge in [-0.15, -0.1) is 11.3 Å². The Morgan fingerprint density at radius 3 is 2.46 bits per heavy atom. The summed E-state index contributed by atoms with van der Waals surface area (Å²) in [5.74, 6) is -0.266. The minimum atomic E-state index is -3.29. The molecular weight excluding hydrogens is 373 g/mol. The van der Waals surface area contributed by atoms with Crippen molar-refractivity contribution >= 4 is 37.9 Å². The Labute approximate surface area is 156 Å². The quantitative estimate of drug-likeness (QED) is 0.700. The number of aryl methyl sites for hydroxylation is 1. The lowest BCUT2D eigenvalue weighted by molar-refractivity contribution is 0.600. The highest BCUT2D eigenvalue weighted by molar-refractivity contribution is 7.92. The van der Waals surface area contributed by atoms with Crippen molar-refractivity contribution in [2.45, 2.75) is 6.92 Å². The lowest BCUT2D eigenvalue weighted by Crippen LogP contribution is -2.24. The van der Waals surface area contributed by atoms with Crippen molar-refractivity contribution in [2.75, 3.05) is 22.9 Å². The van der Waals surface area contributed by atoms with Crippen LogP contribution in [0.4, 0.5) is 20.9 Å². The highest BCUT2D eigenvalue weighted by atomic mass is 32.2. The van der Waals surface area contributed by atoms with E-state index in [1.807, 2.05) is 17.5 Å². The maximum Gasteiger partial charge on any atom is 0.231 e. The molecule has 0 spiro atoms. The molecule has 136 valence electrons. The van der Waals surface area contributed by atoms with E-state index in [0.29, 0.717) is 22.1 Å². The summed E-state index contributed by atoms with van der Waals surface area (Å²) in [4.78, 5) is 4.50. The van der Waals surface area contributed by atoms with Gasteiger partial charge in [0.2, 0.25) is 10.0 Å². The van der Waals surface area contributed by atoms with Crippen molar-refractivity contribution in [3.63, 3.8) is 0 Å². The molecule has 0 fully saturated rings. The van der Waals surface area contributed by atoms with Gasteiger partial charge in [-0.25, -0.2) is 17.8 Å². The van der Waals surface area contributed by atoms with Crippen LogP contribution in [0.2, 0.25) is 0 Å². The number of nitrogens with zero attached hydrogens (tertiary/aromatic N) is 2. The molecule has 0 aliphatic rings. The summed E-state index contributed by atoms with van der Waals surface area (Å²) >= 11 is 1.41. The fraction of sp³-hybridized carbons (Fsp3) is 0.167. The van der Waals surface area contributed by atoms with Crippen molar-refractivity contribution in [3.05, 3.63) is 59.2 Å². The first-order chi connectivity index (χ1) is 12.2. The minimum absolute atomic E-state index is 0.266. The van der Waals surface area contributed by atoms with Gasteiger partial charge < -0.3 is 5.32 Å². The molecule has 8 heteroatoms. The number of hydrogen-bond acceptors (Lipinski definition) is 5. The van der Waals surface area contributed by atoms with Crippen molar-refractivity contribution in [1.29, 1.82) is 0 Å². The molecule has 0 aliphatic heterocycles. The Kier molecular flexibility index (Phi) is 4.97. The van der Waals surface area contributed by atoms with Gasteiger partial charge >= 0.3 is 0 Å². The molecule has 26 heavy (non-hydrogen) atoms. The van der Waals surface area contributed by atoms with Crippen LogP contribution in [0.1, 0.15) is 5.56 Å². The Morgan fingerprint density at radius 1 is 1.15 bits per heavy atom. The number of halogens is 1. The monoisotopic (exact) mass is 391 g/mol. The third-order valence-electron chi connectivity index (χ3n) is 3.95. The number of thiazole rings is 1. The van der Waals surface area contributed by atoms with Crippen LogP contribution in [-0.2, 0) is 10.0 Å². The lowest BCUT2D eigenvalue weighted by Gasteiger charge is -2.16. The molecule has 1 N–H and O–H groups in total. The Hall–Kier alpha value is -2.45. The maximum absolute atomic E-state index is 13.6. The number of sulfonamides is 1. The van der Waals surface area contributed by atoms with Crippen LogP contribution in [0.15, 0.2) is 47.8 Å². The van der Waals surface area contributed by atoms with Gasteiger partial charge in [-0.3, -0.25) is 4.31 Å². The molecule has 1 heterocycles. The summed E-state index contributed by atoms with van der Waals surface area (Å²) < 4.78 is 38.0. The van der Waals surface area contributed by atoms with Crippen molar-refractivity contribution < 1.29 is 12.8 Å². The van der Waals surface area contributed by atoms with Gasteiger partial charge in [0.05, 0.1) is 17.6 Å². The van der Waals surface area contributed by atoms with E-state index in [-0.39, 0.29) is 5.82 Å². The predicted octanol–water partition coefficient (Wildman–Crippen LogP) is 4.40. The maximum atomic E-state index is 13.6. The standard InChI is InChI=1S/C18H18FN3O2S2/c1-12-4-7-14(10-16(12)19)20-18-21-17(11-25-18)13-5-8-15(9-6-13)22(2)26(3,23)24/h4-11H,1-3H3,(H,20,21). The first kappa shape index (κ1) is 18.3. The van der Waals surface area contributed by atoms with E-state index in [0.717, 1.165) is 17.5 Å². The number of rotatable bonds is 5. The number of anilines is 3. The Bertz CT molecular complexity index is 1030. The fourth-order valence-electron chi connectivity index (χ4n) is 2.29. The molecule has 0 bridgehead atoms. The van der Waals surface area contributed by atoms with Gasteiger partial charge in [0.1, 0.15) is 5.82 Å². The molecule has 3 aromatic rings. The van der Waals surface area contributed by atoms with Crippen molar-refractivity contribution in [1.82, 2.24) is 4.98 Å². The third kappa shape index (κ3) is 4.03. The summed E-state index contributed by atoms with van der Waals surface area (Å²) in [6, 6.07) is 12.1. The first-order valence-corrected chi connectivity index (χ1v) is 10.5. The van der Waals surface area contributed by atoms with Gasteiger partial charge in [-0.2, -0.15) is 0 Å². The summed E-state index contributed by atoms with van der Waals surface area (Å²) in [7, 11) is -1.78. The molecule has 1 aromatic heterocycles. The van der Waals surface area contributed by atoms with Crippen LogP contribution >= 0.6 is 11.3 Å². The molecule has 2 aromatic carbocycles. The predicted molar refractivity (Wildman–Crippen MR) is 105 cm³/mol. The Balaban J connectivity index is 1.78. The number of benzene rings is 2. The SMILES string of the molecule is Cc1ccc(Nc2nc(-c3ccc(N(C)S(C)(=O)=O)cc3)cs2)cc1F. The van der Waals surface area contributed by atoms with Crippen LogP contribution in [0.5, 0.6) is 0 Å². The van der Waals surface area contributed by atoms with E-state index in [1.165, 1.54) is 28.8 Å². The van der Waals surface area contributed by atoms with Crippen LogP contribution in [-0.4, -0.2) is 26.7 Å². The van der Waals surface area contributed by atoms with Crippen molar-refractivity contribution in [3.8, 4) is 11.3 Å². The molecule has 3 rings (SSSR count). The molecule has 0 unspecified atom stereocenters. The summed E-state index contributed by atoms with van der Waals surface area (Å²) in [5.41, 5.74) is 3.45. The number of nitrogens with one attached hydrogen (secondary N) is 1. The smallest absolute Gasteiger partial charge is 0.231 e. The van der Waals surface area contributed by atoms with E-state index in [1.54, 1.807) is 31.2 Å².